The molecule has 31 heavy (non-hydrogen) atoms. The number of hydrogen-bond donors (Lipinski definition) is 0. The normalized spacial score (nSPS) is 11.5. The van der Waals surface area contributed by atoms with Gasteiger partial charge in [0.05, 0.1) is 32.2 Å². The molecule has 1 amide bonds. The molecule has 0 atom stereocenters. The van der Waals surface area contributed by atoms with Gasteiger partial charge < -0.3 is 0 Å². The Labute approximate surface area is 194 Å². The van der Waals surface area contributed by atoms with Crippen molar-refractivity contribution in [2.45, 2.75) is 6.92 Å². The van der Waals surface area contributed by atoms with Gasteiger partial charge in [-0.3, -0.25) is 4.79 Å². The molecule has 0 spiro atoms. The molecule has 0 aliphatic heterocycles. The van der Waals surface area contributed by atoms with Gasteiger partial charge in [-0.25, -0.2) is 9.97 Å². The molecular weight excluding hydrogens is 492 g/mol. The minimum absolute atomic E-state index is 0.237. The number of thiazole rings is 2. The molecule has 2 aromatic heterocycles. The second-order valence-electron chi connectivity index (χ2n) is 6.92. The van der Waals surface area contributed by atoms with Crippen molar-refractivity contribution in [2.75, 3.05) is 5.01 Å². The Balaban J connectivity index is 1.57. The van der Waals surface area contributed by atoms with Gasteiger partial charge in [0.2, 0.25) is 5.13 Å². The molecule has 0 bridgehead atoms. The number of hydrazone groups is 1. The van der Waals surface area contributed by atoms with Crippen molar-refractivity contribution in [3.05, 3.63) is 87.3 Å². The van der Waals surface area contributed by atoms with Crippen LogP contribution in [-0.4, -0.2) is 22.1 Å². The van der Waals surface area contributed by atoms with Gasteiger partial charge in [0.25, 0.3) is 5.91 Å². The second-order valence-corrected chi connectivity index (χ2v) is 9.73. The molecule has 5 aromatic rings. The van der Waals surface area contributed by atoms with E-state index in [1.807, 2.05) is 55.5 Å². The molecular formula is C23H15BrN4OS2. The van der Waals surface area contributed by atoms with Gasteiger partial charge in [0, 0.05) is 10.0 Å². The first kappa shape index (κ1) is 20.0. The van der Waals surface area contributed by atoms with E-state index in [1.165, 1.54) is 27.7 Å². The Morgan fingerprint density at radius 1 is 1.03 bits per heavy atom. The number of hydrogen-bond acceptors (Lipinski definition) is 6. The van der Waals surface area contributed by atoms with E-state index in [4.69, 9.17) is 0 Å². The smallest absolute Gasteiger partial charge is 0.267 e. The fourth-order valence-electron chi connectivity index (χ4n) is 3.08. The largest absolute Gasteiger partial charge is 0.280 e. The molecule has 152 valence electrons. The van der Waals surface area contributed by atoms with Crippen LogP contribution in [0.15, 0.2) is 75.7 Å². The molecule has 0 saturated heterocycles. The molecule has 0 radical (unpaired) electrons. The number of fused-ring (bicyclic) bond motifs is 2. The second kappa shape index (κ2) is 8.30. The van der Waals surface area contributed by atoms with E-state index in [0.717, 1.165) is 36.0 Å². The van der Waals surface area contributed by atoms with Crippen molar-refractivity contribution < 1.29 is 4.79 Å². The van der Waals surface area contributed by atoms with Gasteiger partial charge in [-0.05, 0) is 60.5 Å². The number of aromatic nitrogens is 2. The summed E-state index contributed by atoms with van der Waals surface area (Å²) in [7, 11) is 0. The zero-order chi connectivity index (χ0) is 21.4. The van der Waals surface area contributed by atoms with Crippen LogP contribution in [0, 0.1) is 6.92 Å². The van der Waals surface area contributed by atoms with Gasteiger partial charge >= 0.3 is 0 Å². The average Bonchev–Trinajstić information content (AvgIpc) is 3.40. The van der Waals surface area contributed by atoms with Gasteiger partial charge in [0.1, 0.15) is 0 Å². The number of halogens is 1. The highest BCUT2D eigenvalue weighted by molar-refractivity contribution is 9.10. The van der Waals surface area contributed by atoms with Gasteiger partial charge in [-0.1, -0.05) is 45.5 Å². The Bertz CT molecular complexity index is 1440. The molecule has 0 aliphatic carbocycles. The van der Waals surface area contributed by atoms with Crippen LogP contribution in [0.2, 0.25) is 0 Å². The summed E-state index contributed by atoms with van der Waals surface area (Å²) < 4.78 is 2.96. The maximum absolute atomic E-state index is 13.5. The molecule has 5 nitrogen and oxygen atoms in total. The summed E-state index contributed by atoms with van der Waals surface area (Å²) in [5.41, 5.74) is 6.07. The zero-order valence-corrected chi connectivity index (χ0v) is 19.5. The lowest BCUT2D eigenvalue weighted by atomic mass is 10.2. The van der Waals surface area contributed by atoms with Crippen LogP contribution in [0.25, 0.3) is 20.4 Å². The zero-order valence-electron chi connectivity index (χ0n) is 16.3. The van der Waals surface area contributed by atoms with Gasteiger partial charge in [-0.2, -0.15) is 10.1 Å². The van der Waals surface area contributed by atoms with E-state index in [-0.39, 0.29) is 5.91 Å². The van der Waals surface area contributed by atoms with E-state index >= 15 is 0 Å². The number of nitrogens with zero attached hydrogens (tertiary/aromatic N) is 4. The maximum Gasteiger partial charge on any atom is 0.280 e. The third-order valence-electron chi connectivity index (χ3n) is 4.68. The molecule has 3 aromatic carbocycles. The highest BCUT2D eigenvalue weighted by atomic mass is 79.9. The number of carbonyl (C=O) groups excluding carboxylic acids is 1. The minimum atomic E-state index is -0.237. The summed E-state index contributed by atoms with van der Waals surface area (Å²) in [6.07, 6.45) is 1.67. The van der Waals surface area contributed by atoms with E-state index in [2.05, 4.69) is 37.1 Å². The number of rotatable bonds is 4. The predicted molar refractivity (Wildman–Crippen MR) is 133 cm³/mol. The highest BCUT2D eigenvalue weighted by Gasteiger charge is 2.21. The van der Waals surface area contributed by atoms with Gasteiger partial charge in [0.15, 0.2) is 0 Å². The van der Waals surface area contributed by atoms with Crippen molar-refractivity contribution in [3.8, 4) is 0 Å². The van der Waals surface area contributed by atoms with Gasteiger partial charge in [-0.15, -0.1) is 11.3 Å². The summed E-state index contributed by atoms with van der Waals surface area (Å²) in [4.78, 5) is 22.4. The molecule has 0 saturated carbocycles. The van der Waals surface area contributed by atoms with Crippen molar-refractivity contribution in [1.82, 2.24) is 9.97 Å². The first-order valence-corrected chi connectivity index (χ1v) is 11.9. The first-order valence-electron chi connectivity index (χ1n) is 9.41. The van der Waals surface area contributed by atoms with E-state index < -0.39 is 0 Å². The van der Waals surface area contributed by atoms with Crippen molar-refractivity contribution in [3.63, 3.8) is 0 Å². The van der Waals surface area contributed by atoms with Crippen molar-refractivity contribution >= 4 is 76.3 Å². The summed E-state index contributed by atoms with van der Waals surface area (Å²) in [6, 6.07) is 19.3. The van der Waals surface area contributed by atoms with E-state index in [0.29, 0.717) is 10.7 Å². The topological polar surface area (TPSA) is 58.5 Å². The molecule has 0 fully saturated rings. The highest BCUT2D eigenvalue weighted by Crippen LogP contribution is 2.31. The third kappa shape index (κ3) is 4.14. The molecule has 0 unspecified atom stereocenters. The standard InChI is InChI=1S/C23H15BrN4OS2/c1-14-2-8-19-21(10-14)31-23(27-19)28(26-12-15-3-6-17(24)7-4-15)22(29)16-5-9-18-20(11-16)30-13-25-18/h2-13H,1H3/b26-12+. The lowest BCUT2D eigenvalue weighted by Gasteiger charge is -2.14. The number of amides is 1. The SMILES string of the molecule is Cc1ccc2nc(N(/N=C/c3ccc(Br)cc3)C(=O)c3ccc4ncsc4c3)sc2c1. The Morgan fingerprint density at radius 3 is 2.68 bits per heavy atom. The van der Waals surface area contributed by atoms with E-state index in [1.54, 1.807) is 17.8 Å². The number of anilines is 1. The van der Waals surface area contributed by atoms with Crippen LogP contribution in [-0.2, 0) is 0 Å². The summed E-state index contributed by atoms with van der Waals surface area (Å²) in [5, 5.41) is 6.44. The molecule has 0 aliphatic rings. The van der Waals surface area contributed by atoms with Crippen LogP contribution in [0.1, 0.15) is 21.5 Å². The molecule has 0 N–H and O–H groups in total. The fraction of sp³-hybridized carbons (Fsp3) is 0.0435. The van der Waals surface area contributed by atoms with Crippen molar-refractivity contribution in [2.24, 2.45) is 5.10 Å². The molecule has 5 rings (SSSR count). The summed E-state index contributed by atoms with van der Waals surface area (Å²) in [6.45, 7) is 2.04. The van der Waals surface area contributed by atoms with Crippen LogP contribution in [0.3, 0.4) is 0 Å². The molecule has 2 heterocycles. The van der Waals surface area contributed by atoms with Crippen LogP contribution in [0.4, 0.5) is 5.13 Å². The number of aryl methyl sites for hydroxylation is 1. The van der Waals surface area contributed by atoms with Crippen LogP contribution < -0.4 is 5.01 Å². The Kier molecular flexibility index (Phi) is 5.35. The number of benzene rings is 3. The summed E-state index contributed by atoms with van der Waals surface area (Å²) >= 11 is 6.39. The summed E-state index contributed by atoms with van der Waals surface area (Å²) in [5.74, 6) is -0.237. The predicted octanol–water partition coefficient (Wildman–Crippen LogP) is 6.66. The lowest BCUT2D eigenvalue weighted by molar-refractivity contribution is 0.0988. The average molecular weight is 507 g/mol. The fourth-order valence-corrected chi connectivity index (χ4v) is 5.08. The minimum Gasteiger partial charge on any atom is -0.267 e. The Morgan fingerprint density at radius 2 is 1.84 bits per heavy atom. The maximum atomic E-state index is 13.5. The quantitative estimate of drug-likeness (QED) is 0.202. The number of carbonyl (C=O) groups is 1. The van der Waals surface area contributed by atoms with Crippen LogP contribution >= 0.6 is 38.6 Å². The van der Waals surface area contributed by atoms with Crippen molar-refractivity contribution in [1.29, 1.82) is 0 Å². The molecule has 8 heteroatoms. The van der Waals surface area contributed by atoms with E-state index in [9.17, 15) is 4.79 Å². The Hall–Kier alpha value is -2.94. The first-order chi connectivity index (χ1) is 15.1. The third-order valence-corrected chi connectivity index (χ3v) is 6.99. The van der Waals surface area contributed by atoms with Crippen LogP contribution in [0.5, 0.6) is 0 Å². The lowest BCUT2D eigenvalue weighted by Crippen LogP contribution is -2.25. The monoisotopic (exact) mass is 506 g/mol.